The van der Waals surface area contributed by atoms with E-state index in [1.807, 2.05) is 24.7 Å². The van der Waals surface area contributed by atoms with Crippen LogP contribution in [0.3, 0.4) is 0 Å². The highest BCUT2D eigenvalue weighted by Gasteiger charge is 2.71. The van der Waals surface area contributed by atoms with Crippen LogP contribution in [0, 0.1) is 47.3 Å². The van der Waals surface area contributed by atoms with Crippen molar-refractivity contribution in [2.75, 3.05) is 6.61 Å². The molecule has 46 heavy (non-hydrogen) atoms. The van der Waals surface area contributed by atoms with Gasteiger partial charge in [-0.3, -0.25) is 0 Å². The minimum atomic E-state index is -0.805. The molecule has 2 saturated carbocycles. The SMILES string of the molecule is C[C@H]1[C@H](OCCc2cn([C@@H]3O[C@@H]4O[C@@]5(C)CC[C@H]6[C@H](C)CC[C@@H]([C@H]3C)[C@@]46OO5)nn2)O[C@@H]2O[C@@]3(C)CC[C@H]4[C@H](C)CC[C@@H]1[C@@]24OO3. The van der Waals surface area contributed by atoms with Crippen molar-refractivity contribution in [1.82, 2.24) is 15.0 Å². The van der Waals surface area contributed by atoms with E-state index in [-0.39, 0.29) is 29.9 Å². The Bertz CT molecular complexity index is 1330. The van der Waals surface area contributed by atoms with Crippen LogP contribution < -0.4 is 0 Å². The lowest BCUT2D eigenvalue weighted by molar-refractivity contribution is -0.577. The zero-order valence-corrected chi connectivity index (χ0v) is 28.1. The second-order valence-corrected chi connectivity index (χ2v) is 16.4. The van der Waals surface area contributed by atoms with Gasteiger partial charge in [0.15, 0.2) is 36.3 Å². The van der Waals surface area contributed by atoms with Crippen LogP contribution in [-0.4, -0.2) is 63.2 Å². The number of rotatable bonds is 5. The van der Waals surface area contributed by atoms with Gasteiger partial charge >= 0.3 is 0 Å². The lowest BCUT2D eigenvalue weighted by Crippen LogP contribution is -2.70. The van der Waals surface area contributed by atoms with Crippen molar-refractivity contribution in [1.29, 1.82) is 0 Å². The summed E-state index contributed by atoms with van der Waals surface area (Å²) in [5.41, 5.74) is -0.334. The molecule has 8 saturated heterocycles. The maximum atomic E-state index is 6.75. The van der Waals surface area contributed by atoms with Crippen LogP contribution in [0.2, 0.25) is 0 Å². The van der Waals surface area contributed by atoms with Crippen LogP contribution in [0.25, 0.3) is 0 Å². The van der Waals surface area contributed by atoms with E-state index in [1.54, 1.807) is 0 Å². The quantitative estimate of drug-likeness (QED) is 0.382. The van der Waals surface area contributed by atoms with Gasteiger partial charge in [0.05, 0.1) is 18.5 Å². The molecule has 0 aromatic carbocycles. The molecule has 10 aliphatic rings. The molecule has 256 valence electrons. The van der Waals surface area contributed by atoms with Gasteiger partial charge in [-0.05, 0) is 76.0 Å². The Hall–Kier alpha value is -1.22. The zero-order chi connectivity index (χ0) is 31.6. The standard InChI is InChI=1S/C34H51N3O9/c1-18-7-9-25-20(3)27(39-29-33(25)23(18)11-14-31(5,41-29)43-45-33)37-17-22(35-36-37)13-16-38-28-21(4)26-10-8-19(2)24-12-15-32(6)42-30(40-28)34(24,26)46-44-32/h17-21,23-30H,7-16H2,1-6H3/t18-,19-,20-,21-,23+,24+,25+,26+,27-,28-,29-,30-,31-,32-,33-,34-/m1/s1. The highest BCUT2D eigenvalue weighted by Crippen LogP contribution is 2.63. The van der Waals surface area contributed by atoms with Gasteiger partial charge < -0.3 is 23.7 Å². The number of hydrogen-bond donors (Lipinski definition) is 0. The topological polar surface area (TPSA) is 114 Å². The van der Waals surface area contributed by atoms with Crippen molar-refractivity contribution < 1.29 is 43.2 Å². The van der Waals surface area contributed by atoms with Gasteiger partial charge in [-0.25, -0.2) is 24.2 Å². The van der Waals surface area contributed by atoms with E-state index in [4.69, 9.17) is 43.2 Å². The fraction of sp³-hybridized carbons (Fsp3) is 0.941. The van der Waals surface area contributed by atoms with E-state index in [0.29, 0.717) is 36.7 Å². The Kier molecular flexibility index (Phi) is 7.13. The summed E-state index contributed by atoms with van der Waals surface area (Å²) in [7, 11) is 0. The third-order valence-electron chi connectivity index (χ3n) is 13.7. The van der Waals surface area contributed by atoms with Gasteiger partial charge in [-0.2, -0.15) is 0 Å². The van der Waals surface area contributed by atoms with Crippen molar-refractivity contribution in [3.8, 4) is 0 Å². The van der Waals surface area contributed by atoms with Crippen molar-refractivity contribution in [2.45, 2.75) is 147 Å². The molecule has 11 rings (SSSR count). The predicted octanol–water partition coefficient (Wildman–Crippen LogP) is 5.43. The zero-order valence-electron chi connectivity index (χ0n) is 28.1. The third-order valence-corrected chi connectivity index (χ3v) is 13.7. The van der Waals surface area contributed by atoms with Gasteiger partial charge in [-0.1, -0.05) is 32.9 Å². The first-order chi connectivity index (χ1) is 22.1. The van der Waals surface area contributed by atoms with Crippen LogP contribution >= 0.6 is 0 Å². The lowest BCUT2D eigenvalue weighted by atomic mass is 9.58. The van der Waals surface area contributed by atoms with Crippen LogP contribution in [0.4, 0.5) is 0 Å². The molecule has 2 spiro atoms. The maximum Gasteiger partial charge on any atom is 0.201 e. The molecule has 0 N–H and O–H groups in total. The largest absolute Gasteiger partial charge is 0.352 e. The second kappa shape index (κ2) is 10.6. The molecule has 12 nitrogen and oxygen atoms in total. The maximum absolute atomic E-state index is 6.75. The minimum Gasteiger partial charge on any atom is -0.352 e. The molecular formula is C34H51N3O9. The Morgan fingerprint density at radius 1 is 0.739 bits per heavy atom. The molecule has 2 aliphatic carbocycles. The normalized spacial score (nSPS) is 55.7. The van der Waals surface area contributed by atoms with E-state index >= 15 is 0 Å². The Balaban J connectivity index is 0.887. The van der Waals surface area contributed by atoms with Gasteiger partial charge in [-0.15, -0.1) is 5.10 Å². The highest BCUT2D eigenvalue weighted by atomic mass is 17.3. The van der Waals surface area contributed by atoms with E-state index in [9.17, 15) is 0 Å². The molecule has 8 aliphatic heterocycles. The van der Waals surface area contributed by atoms with Gasteiger partial charge in [0.1, 0.15) is 0 Å². The van der Waals surface area contributed by atoms with E-state index in [1.165, 1.54) is 0 Å². The smallest absolute Gasteiger partial charge is 0.201 e. The Morgan fingerprint density at radius 2 is 1.33 bits per heavy atom. The molecule has 0 radical (unpaired) electrons. The molecular weight excluding hydrogens is 594 g/mol. The summed E-state index contributed by atoms with van der Waals surface area (Å²) >= 11 is 0. The summed E-state index contributed by atoms with van der Waals surface area (Å²) in [6, 6.07) is 0. The summed E-state index contributed by atoms with van der Waals surface area (Å²) in [6.45, 7) is 13.5. The van der Waals surface area contributed by atoms with Crippen LogP contribution in [0.15, 0.2) is 6.20 Å². The minimum absolute atomic E-state index is 0.130. The summed E-state index contributed by atoms with van der Waals surface area (Å²) in [4.78, 5) is 24.5. The Labute approximate surface area is 271 Å². The molecule has 0 amide bonds. The summed E-state index contributed by atoms with van der Waals surface area (Å²) < 4.78 is 34.7. The van der Waals surface area contributed by atoms with E-state index in [0.717, 1.165) is 57.1 Å². The van der Waals surface area contributed by atoms with Gasteiger partial charge in [0, 0.05) is 42.9 Å². The third kappa shape index (κ3) is 4.30. The van der Waals surface area contributed by atoms with E-state index in [2.05, 4.69) is 38.0 Å². The first-order valence-corrected chi connectivity index (χ1v) is 18.0. The first-order valence-electron chi connectivity index (χ1n) is 18.0. The molecule has 1 aromatic rings. The highest BCUT2D eigenvalue weighted by molar-refractivity contribution is 5.11. The predicted molar refractivity (Wildman–Crippen MR) is 159 cm³/mol. The number of ether oxygens (including phenoxy) is 5. The van der Waals surface area contributed by atoms with Crippen molar-refractivity contribution >= 4 is 0 Å². The number of nitrogens with zero attached hydrogens (tertiary/aromatic N) is 3. The average Bonchev–Trinajstić information content (AvgIpc) is 3.21. The summed E-state index contributed by atoms with van der Waals surface area (Å²) in [5, 5.41) is 9.08. The average molecular weight is 646 g/mol. The van der Waals surface area contributed by atoms with Crippen LogP contribution in [0.1, 0.15) is 105 Å². The monoisotopic (exact) mass is 645 g/mol. The fourth-order valence-corrected chi connectivity index (χ4v) is 11.1. The fourth-order valence-electron chi connectivity index (χ4n) is 11.1. The number of aromatic nitrogens is 3. The second-order valence-electron chi connectivity index (χ2n) is 16.4. The van der Waals surface area contributed by atoms with Crippen molar-refractivity contribution in [3.05, 3.63) is 11.9 Å². The number of hydrogen-bond acceptors (Lipinski definition) is 11. The summed E-state index contributed by atoms with van der Waals surface area (Å²) in [5.74, 6) is 0.839. The molecule has 12 heteroatoms. The summed E-state index contributed by atoms with van der Waals surface area (Å²) in [6.07, 6.45) is 8.87. The van der Waals surface area contributed by atoms with Gasteiger partial charge in [0.25, 0.3) is 0 Å². The molecule has 9 heterocycles. The van der Waals surface area contributed by atoms with Crippen molar-refractivity contribution in [3.63, 3.8) is 0 Å². The molecule has 16 atom stereocenters. The van der Waals surface area contributed by atoms with E-state index < -0.39 is 41.6 Å². The number of fused-ring (bicyclic) bond motifs is 4. The van der Waals surface area contributed by atoms with Crippen molar-refractivity contribution in [2.24, 2.45) is 47.3 Å². The van der Waals surface area contributed by atoms with Crippen LogP contribution in [-0.2, 0) is 49.7 Å². The first kappa shape index (κ1) is 30.8. The molecule has 0 unspecified atom stereocenters. The Morgan fingerprint density at radius 3 is 1.96 bits per heavy atom. The molecule has 4 bridgehead atoms. The lowest BCUT2D eigenvalue weighted by Gasteiger charge is -2.60. The van der Waals surface area contributed by atoms with Gasteiger partial charge in [0.2, 0.25) is 11.6 Å². The van der Waals surface area contributed by atoms with Crippen LogP contribution in [0.5, 0.6) is 0 Å². The molecule has 1 aromatic heterocycles. The molecule has 10 fully saturated rings.